The normalized spacial score (nSPS) is 10.0. The summed E-state index contributed by atoms with van der Waals surface area (Å²) in [5.74, 6) is 0.131. The zero-order valence-corrected chi connectivity index (χ0v) is 11.6. The maximum atomic E-state index is 13.4. The zero-order valence-electron chi connectivity index (χ0n) is 11.6. The lowest BCUT2D eigenvalue weighted by Crippen LogP contribution is -2.29. The summed E-state index contributed by atoms with van der Waals surface area (Å²) < 4.78 is 18.8. The number of nitrogens with one attached hydrogen (secondary N) is 2. The van der Waals surface area contributed by atoms with E-state index in [0.29, 0.717) is 18.0 Å². The number of carbonyl (C=O) groups is 1. The molecule has 1 aromatic carbocycles. The molecular formula is C15H16FN3O2. The molecule has 0 aliphatic carbocycles. The maximum absolute atomic E-state index is 13.4. The van der Waals surface area contributed by atoms with E-state index in [2.05, 4.69) is 15.6 Å². The molecule has 2 rings (SSSR count). The van der Waals surface area contributed by atoms with Crippen molar-refractivity contribution in [3.63, 3.8) is 0 Å². The van der Waals surface area contributed by atoms with Crippen molar-refractivity contribution in [3.8, 4) is 5.75 Å². The molecule has 6 heteroatoms. The van der Waals surface area contributed by atoms with Gasteiger partial charge in [-0.3, -0.25) is 4.98 Å². The number of benzene rings is 1. The summed E-state index contributed by atoms with van der Waals surface area (Å²) in [7, 11) is 0. The smallest absolute Gasteiger partial charge is 0.319 e. The van der Waals surface area contributed by atoms with Crippen LogP contribution in [0.5, 0.6) is 5.75 Å². The quantitative estimate of drug-likeness (QED) is 0.889. The van der Waals surface area contributed by atoms with E-state index < -0.39 is 11.8 Å². The summed E-state index contributed by atoms with van der Waals surface area (Å²) in [5, 5.41) is 5.21. The molecule has 1 aromatic heterocycles. The van der Waals surface area contributed by atoms with Crippen LogP contribution in [0.1, 0.15) is 12.6 Å². The SMILES string of the molecule is CCOc1ccccc1NC(=O)NCc1ncccc1F. The lowest BCUT2D eigenvalue weighted by atomic mass is 10.3. The fraction of sp³-hybridized carbons (Fsp3) is 0.200. The molecule has 0 radical (unpaired) electrons. The Labute approximate surface area is 122 Å². The average molecular weight is 289 g/mol. The van der Waals surface area contributed by atoms with Crippen LogP contribution in [0, 0.1) is 5.82 Å². The number of urea groups is 1. The number of pyridine rings is 1. The highest BCUT2D eigenvalue weighted by molar-refractivity contribution is 5.90. The molecule has 21 heavy (non-hydrogen) atoms. The van der Waals surface area contributed by atoms with Crippen LogP contribution in [-0.2, 0) is 6.54 Å². The van der Waals surface area contributed by atoms with E-state index >= 15 is 0 Å². The van der Waals surface area contributed by atoms with Crippen LogP contribution in [0.15, 0.2) is 42.6 Å². The van der Waals surface area contributed by atoms with E-state index in [9.17, 15) is 9.18 Å². The molecule has 1 heterocycles. The van der Waals surface area contributed by atoms with E-state index in [4.69, 9.17) is 4.74 Å². The summed E-state index contributed by atoms with van der Waals surface area (Å²) in [4.78, 5) is 15.7. The Morgan fingerprint density at radius 1 is 1.29 bits per heavy atom. The molecule has 0 aliphatic heterocycles. The van der Waals surface area contributed by atoms with Gasteiger partial charge < -0.3 is 15.4 Å². The third kappa shape index (κ3) is 4.17. The van der Waals surface area contributed by atoms with Gasteiger partial charge in [0.05, 0.1) is 24.5 Å². The van der Waals surface area contributed by atoms with Crippen LogP contribution < -0.4 is 15.4 Å². The van der Waals surface area contributed by atoms with E-state index in [1.807, 2.05) is 13.0 Å². The van der Waals surface area contributed by atoms with Gasteiger partial charge in [0.2, 0.25) is 0 Å². The second-order valence-electron chi connectivity index (χ2n) is 4.17. The highest BCUT2D eigenvalue weighted by Crippen LogP contribution is 2.23. The number of hydrogen-bond donors (Lipinski definition) is 2. The van der Waals surface area contributed by atoms with Crippen molar-refractivity contribution in [1.82, 2.24) is 10.3 Å². The minimum atomic E-state index is -0.452. The van der Waals surface area contributed by atoms with Crippen LogP contribution in [0.2, 0.25) is 0 Å². The minimum absolute atomic E-state index is 0.00923. The van der Waals surface area contributed by atoms with Crippen LogP contribution in [0.3, 0.4) is 0 Å². The number of anilines is 1. The third-order valence-corrected chi connectivity index (χ3v) is 2.69. The number of carbonyl (C=O) groups excluding carboxylic acids is 1. The predicted octanol–water partition coefficient (Wildman–Crippen LogP) is 2.94. The number of aromatic nitrogens is 1. The Balaban J connectivity index is 1.95. The van der Waals surface area contributed by atoms with Crippen molar-refractivity contribution < 1.29 is 13.9 Å². The molecule has 0 fully saturated rings. The maximum Gasteiger partial charge on any atom is 0.319 e. The number of nitrogens with zero attached hydrogens (tertiary/aromatic N) is 1. The van der Waals surface area contributed by atoms with Gasteiger partial charge in [-0.05, 0) is 31.2 Å². The molecule has 0 aliphatic rings. The van der Waals surface area contributed by atoms with Gasteiger partial charge in [0.25, 0.3) is 0 Å². The molecule has 0 bridgehead atoms. The van der Waals surface area contributed by atoms with Crippen molar-refractivity contribution in [2.45, 2.75) is 13.5 Å². The van der Waals surface area contributed by atoms with Crippen LogP contribution >= 0.6 is 0 Å². The third-order valence-electron chi connectivity index (χ3n) is 2.69. The van der Waals surface area contributed by atoms with Gasteiger partial charge in [-0.15, -0.1) is 0 Å². The predicted molar refractivity (Wildman–Crippen MR) is 77.7 cm³/mol. The molecule has 0 spiro atoms. The molecule has 2 aromatic rings. The summed E-state index contributed by atoms with van der Waals surface area (Å²) in [6.07, 6.45) is 1.47. The van der Waals surface area contributed by atoms with Crippen molar-refractivity contribution in [1.29, 1.82) is 0 Å². The van der Waals surface area contributed by atoms with E-state index in [1.165, 1.54) is 18.3 Å². The van der Waals surface area contributed by atoms with Gasteiger partial charge in [-0.1, -0.05) is 12.1 Å². The first kappa shape index (κ1) is 14.8. The molecule has 0 saturated heterocycles. The Hall–Kier alpha value is -2.63. The second-order valence-corrected chi connectivity index (χ2v) is 4.17. The number of rotatable bonds is 5. The Bertz CT molecular complexity index is 619. The molecule has 110 valence electrons. The van der Waals surface area contributed by atoms with Crippen molar-refractivity contribution in [2.24, 2.45) is 0 Å². The Morgan fingerprint density at radius 3 is 2.86 bits per heavy atom. The largest absolute Gasteiger partial charge is 0.492 e. The summed E-state index contributed by atoms with van der Waals surface area (Å²) in [5.41, 5.74) is 0.740. The topological polar surface area (TPSA) is 63.2 Å². The first-order valence-corrected chi connectivity index (χ1v) is 6.56. The van der Waals surface area contributed by atoms with Gasteiger partial charge in [-0.2, -0.15) is 0 Å². The monoisotopic (exact) mass is 289 g/mol. The van der Waals surface area contributed by atoms with Gasteiger partial charge in [0.1, 0.15) is 11.6 Å². The van der Waals surface area contributed by atoms with Crippen LogP contribution in [-0.4, -0.2) is 17.6 Å². The summed E-state index contributed by atoms with van der Waals surface area (Å²) >= 11 is 0. The lowest BCUT2D eigenvalue weighted by molar-refractivity contribution is 0.251. The number of halogens is 1. The standard InChI is InChI=1S/C15H16FN3O2/c1-2-21-14-8-4-3-7-12(14)19-15(20)18-10-13-11(16)6-5-9-17-13/h3-9H,2,10H2,1H3,(H2,18,19,20). The van der Waals surface area contributed by atoms with Crippen LogP contribution in [0.4, 0.5) is 14.9 Å². The van der Waals surface area contributed by atoms with Gasteiger partial charge in [-0.25, -0.2) is 9.18 Å². The molecule has 0 saturated carbocycles. The number of para-hydroxylation sites is 2. The van der Waals surface area contributed by atoms with Crippen molar-refractivity contribution >= 4 is 11.7 Å². The van der Waals surface area contributed by atoms with Crippen LogP contribution in [0.25, 0.3) is 0 Å². The van der Waals surface area contributed by atoms with Gasteiger partial charge >= 0.3 is 6.03 Å². The van der Waals surface area contributed by atoms with Gasteiger partial charge in [0, 0.05) is 6.20 Å². The Kier molecular flexibility index (Phi) is 5.09. The highest BCUT2D eigenvalue weighted by Gasteiger charge is 2.08. The molecule has 0 atom stereocenters. The number of amides is 2. The van der Waals surface area contributed by atoms with E-state index in [-0.39, 0.29) is 12.2 Å². The highest BCUT2D eigenvalue weighted by atomic mass is 19.1. The van der Waals surface area contributed by atoms with Crippen molar-refractivity contribution in [2.75, 3.05) is 11.9 Å². The van der Waals surface area contributed by atoms with Crippen molar-refractivity contribution in [3.05, 3.63) is 54.1 Å². The molecular weight excluding hydrogens is 273 g/mol. The Morgan fingerprint density at radius 2 is 2.10 bits per heavy atom. The molecule has 5 nitrogen and oxygen atoms in total. The van der Waals surface area contributed by atoms with Gasteiger partial charge in [0.15, 0.2) is 0 Å². The first-order valence-electron chi connectivity index (χ1n) is 6.56. The first-order chi connectivity index (χ1) is 10.2. The molecule has 2 N–H and O–H groups in total. The van der Waals surface area contributed by atoms with E-state index in [1.54, 1.807) is 18.2 Å². The summed E-state index contributed by atoms with van der Waals surface area (Å²) in [6, 6.07) is 9.44. The number of hydrogen-bond acceptors (Lipinski definition) is 3. The fourth-order valence-electron chi connectivity index (χ4n) is 1.73. The molecule has 2 amide bonds. The second kappa shape index (κ2) is 7.23. The number of ether oxygens (including phenoxy) is 1. The summed E-state index contributed by atoms with van der Waals surface area (Å²) in [6.45, 7) is 2.37. The zero-order chi connectivity index (χ0) is 15.1. The minimum Gasteiger partial charge on any atom is -0.492 e. The molecule has 0 unspecified atom stereocenters. The lowest BCUT2D eigenvalue weighted by Gasteiger charge is -2.12. The average Bonchev–Trinajstić information content (AvgIpc) is 2.49. The fourth-order valence-corrected chi connectivity index (χ4v) is 1.73. The van der Waals surface area contributed by atoms with E-state index in [0.717, 1.165) is 0 Å².